The number of Topliss-reactive ketones (excluding diaryl/α,β-unsaturated/α-hetero) is 1. The molecule has 5 nitrogen and oxygen atoms in total. The average molecular weight is 323 g/mol. The lowest BCUT2D eigenvalue weighted by atomic mass is 10.1. The summed E-state index contributed by atoms with van der Waals surface area (Å²) in [6, 6.07) is 9.93. The molecule has 2 aromatic heterocycles. The van der Waals surface area contributed by atoms with Crippen LogP contribution in [0.4, 0.5) is 0 Å². The molecule has 0 aliphatic heterocycles. The molecule has 0 fully saturated rings. The normalized spacial score (nSPS) is 11.1. The van der Waals surface area contributed by atoms with Gasteiger partial charge in [-0.25, -0.2) is 9.50 Å². The van der Waals surface area contributed by atoms with E-state index < -0.39 is 0 Å². The van der Waals surface area contributed by atoms with E-state index in [1.54, 1.807) is 6.92 Å². The van der Waals surface area contributed by atoms with Crippen molar-refractivity contribution < 1.29 is 4.79 Å². The molecule has 0 saturated heterocycles. The number of aromatic amines is 1. The molecule has 0 amide bonds. The lowest BCUT2D eigenvalue weighted by Gasteiger charge is -2.06. The van der Waals surface area contributed by atoms with Gasteiger partial charge in [0.1, 0.15) is 5.78 Å². The van der Waals surface area contributed by atoms with Gasteiger partial charge in [-0.3, -0.25) is 9.89 Å². The number of nitrogens with one attached hydrogen (secondary N) is 1. The number of rotatable bonds is 5. The second-order valence-electron chi connectivity index (χ2n) is 6.17. The molecule has 3 aromatic rings. The van der Waals surface area contributed by atoms with Crippen molar-refractivity contribution in [2.45, 2.75) is 40.0 Å². The van der Waals surface area contributed by atoms with Gasteiger partial charge in [0, 0.05) is 28.9 Å². The Hall–Kier alpha value is -2.69. The molecular formula is C19H21N3O2. The molecule has 0 saturated carbocycles. The molecule has 5 heteroatoms. The average Bonchev–Trinajstić information content (AvgIpc) is 2.87. The number of aryl methyl sites for hydroxylation is 2. The zero-order valence-electron chi connectivity index (χ0n) is 14.2. The third-order valence-corrected chi connectivity index (χ3v) is 4.28. The molecule has 0 spiro atoms. The number of hydrogen-bond donors (Lipinski definition) is 1. The van der Waals surface area contributed by atoms with Gasteiger partial charge in [0.25, 0.3) is 5.56 Å². The van der Waals surface area contributed by atoms with E-state index in [9.17, 15) is 9.59 Å². The molecule has 3 rings (SSSR count). The van der Waals surface area contributed by atoms with Crippen molar-refractivity contribution in [2.75, 3.05) is 0 Å². The highest BCUT2D eigenvalue weighted by atomic mass is 16.1. The Kier molecular flexibility index (Phi) is 4.34. The Bertz CT molecular complexity index is 952. The molecule has 0 bridgehead atoms. The van der Waals surface area contributed by atoms with Gasteiger partial charge < -0.3 is 4.79 Å². The number of carbonyl (C=O) groups is 1. The SMILES string of the molecule is CC(=O)CCCc1c(C)nc2c(-c3ccccc3)c(C)[nH]n2c1=O. The zero-order chi connectivity index (χ0) is 17.3. The molecule has 124 valence electrons. The van der Waals surface area contributed by atoms with E-state index in [1.807, 2.05) is 44.2 Å². The van der Waals surface area contributed by atoms with Crippen molar-refractivity contribution in [3.8, 4) is 11.1 Å². The molecule has 1 aromatic carbocycles. The van der Waals surface area contributed by atoms with Gasteiger partial charge in [0.05, 0.1) is 0 Å². The minimum absolute atomic E-state index is 0.0775. The third kappa shape index (κ3) is 2.89. The summed E-state index contributed by atoms with van der Waals surface area (Å²) in [6.07, 6.45) is 1.73. The molecule has 1 N–H and O–H groups in total. The predicted octanol–water partition coefficient (Wildman–Crippen LogP) is 3.22. The lowest BCUT2D eigenvalue weighted by Crippen LogP contribution is -2.22. The lowest BCUT2D eigenvalue weighted by molar-refractivity contribution is -0.117. The largest absolute Gasteiger partial charge is 0.300 e. The van der Waals surface area contributed by atoms with Crippen LogP contribution in [-0.4, -0.2) is 20.4 Å². The highest BCUT2D eigenvalue weighted by Crippen LogP contribution is 2.26. The molecule has 2 heterocycles. The van der Waals surface area contributed by atoms with E-state index in [0.717, 1.165) is 22.5 Å². The summed E-state index contributed by atoms with van der Waals surface area (Å²) in [5.41, 5.74) is 4.87. The van der Waals surface area contributed by atoms with Crippen LogP contribution >= 0.6 is 0 Å². The summed E-state index contributed by atoms with van der Waals surface area (Å²) in [5, 5.41) is 3.14. The smallest absolute Gasteiger partial charge is 0.276 e. The van der Waals surface area contributed by atoms with Crippen molar-refractivity contribution >= 4 is 11.4 Å². The molecule has 0 radical (unpaired) electrons. The Balaban J connectivity index is 2.11. The van der Waals surface area contributed by atoms with Gasteiger partial charge in [-0.2, -0.15) is 0 Å². The molecule has 0 aliphatic rings. The highest BCUT2D eigenvalue weighted by Gasteiger charge is 2.17. The Morgan fingerprint density at radius 3 is 2.58 bits per heavy atom. The van der Waals surface area contributed by atoms with E-state index >= 15 is 0 Å². The monoisotopic (exact) mass is 323 g/mol. The maximum absolute atomic E-state index is 12.8. The molecular weight excluding hydrogens is 302 g/mol. The number of aromatic nitrogens is 3. The van der Waals surface area contributed by atoms with Gasteiger partial charge in [-0.05, 0) is 39.2 Å². The van der Waals surface area contributed by atoms with Gasteiger partial charge in [0.15, 0.2) is 5.65 Å². The number of fused-ring (bicyclic) bond motifs is 1. The summed E-state index contributed by atoms with van der Waals surface area (Å²) in [6.45, 7) is 5.38. The maximum atomic E-state index is 12.8. The van der Waals surface area contributed by atoms with Crippen LogP contribution in [0.2, 0.25) is 0 Å². The van der Waals surface area contributed by atoms with Crippen LogP contribution in [0.15, 0.2) is 35.1 Å². The standard InChI is InChI=1S/C19H21N3O2/c1-12(23)8-7-11-16-13(2)20-18-17(15-9-5-4-6-10-15)14(3)21-22(18)19(16)24/h4-6,9-10,21H,7-8,11H2,1-3H3. The van der Waals surface area contributed by atoms with Crippen molar-refractivity contribution in [3.63, 3.8) is 0 Å². The maximum Gasteiger partial charge on any atom is 0.276 e. The van der Waals surface area contributed by atoms with Crippen molar-refractivity contribution in [2.24, 2.45) is 0 Å². The summed E-state index contributed by atoms with van der Waals surface area (Å²) < 4.78 is 1.52. The number of benzene rings is 1. The summed E-state index contributed by atoms with van der Waals surface area (Å²) in [7, 11) is 0. The number of H-pyrrole nitrogens is 1. The Morgan fingerprint density at radius 1 is 1.21 bits per heavy atom. The van der Waals surface area contributed by atoms with Crippen molar-refractivity contribution in [1.82, 2.24) is 14.6 Å². The Morgan fingerprint density at radius 2 is 1.92 bits per heavy atom. The summed E-state index contributed by atoms with van der Waals surface area (Å²) in [4.78, 5) is 28.6. The second-order valence-corrected chi connectivity index (χ2v) is 6.17. The van der Waals surface area contributed by atoms with Crippen molar-refractivity contribution in [1.29, 1.82) is 0 Å². The first-order chi connectivity index (χ1) is 11.5. The predicted molar refractivity (Wildman–Crippen MR) is 94.3 cm³/mol. The topological polar surface area (TPSA) is 67.2 Å². The summed E-state index contributed by atoms with van der Waals surface area (Å²) >= 11 is 0. The van der Waals surface area contributed by atoms with E-state index in [1.165, 1.54) is 4.52 Å². The third-order valence-electron chi connectivity index (χ3n) is 4.28. The van der Waals surface area contributed by atoms with Crippen LogP contribution in [0.25, 0.3) is 16.8 Å². The van der Waals surface area contributed by atoms with Crippen LogP contribution in [0.1, 0.15) is 36.7 Å². The van der Waals surface area contributed by atoms with E-state index in [0.29, 0.717) is 30.5 Å². The molecule has 0 aliphatic carbocycles. The fraction of sp³-hybridized carbons (Fsp3) is 0.316. The minimum atomic E-state index is -0.0775. The van der Waals surface area contributed by atoms with Gasteiger partial charge in [-0.15, -0.1) is 0 Å². The number of hydrogen-bond acceptors (Lipinski definition) is 3. The zero-order valence-corrected chi connectivity index (χ0v) is 14.2. The van der Waals surface area contributed by atoms with Crippen LogP contribution in [-0.2, 0) is 11.2 Å². The van der Waals surface area contributed by atoms with Crippen molar-refractivity contribution in [3.05, 3.63) is 57.6 Å². The van der Waals surface area contributed by atoms with Crippen LogP contribution in [0.3, 0.4) is 0 Å². The minimum Gasteiger partial charge on any atom is -0.300 e. The highest BCUT2D eigenvalue weighted by molar-refractivity contribution is 5.79. The van der Waals surface area contributed by atoms with Crippen LogP contribution < -0.4 is 5.56 Å². The number of carbonyl (C=O) groups excluding carboxylic acids is 1. The second kappa shape index (κ2) is 6.43. The van der Waals surface area contributed by atoms with Gasteiger partial charge in [0.2, 0.25) is 0 Å². The number of nitrogens with zero attached hydrogens (tertiary/aromatic N) is 2. The fourth-order valence-electron chi connectivity index (χ4n) is 3.08. The van der Waals surface area contributed by atoms with E-state index in [4.69, 9.17) is 0 Å². The molecule has 0 unspecified atom stereocenters. The summed E-state index contributed by atoms with van der Waals surface area (Å²) in [5.74, 6) is 0.142. The Labute approximate surface area is 140 Å². The van der Waals surface area contributed by atoms with Gasteiger partial charge in [-0.1, -0.05) is 30.3 Å². The van der Waals surface area contributed by atoms with Gasteiger partial charge >= 0.3 is 0 Å². The molecule has 24 heavy (non-hydrogen) atoms. The first-order valence-corrected chi connectivity index (χ1v) is 8.14. The number of ketones is 1. The first-order valence-electron chi connectivity index (χ1n) is 8.14. The van der Waals surface area contributed by atoms with Crippen LogP contribution in [0.5, 0.6) is 0 Å². The van der Waals surface area contributed by atoms with E-state index in [2.05, 4.69) is 10.1 Å². The molecule has 0 atom stereocenters. The van der Waals surface area contributed by atoms with Crippen LogP contribution in [0, 0.1) is 13.8 Å². The first kappa shape index (κ1) is 16.2. The quantitative estimate of drug-likeness (QED) is 0.784. The fourth-order valence-corrected chi connectivity index (χ4v) is 3.08. The van der Waals surface area contributed by atoms with E-state index in [-0.39, 0.29) is 11.3 Å².